The van der Waals surface area contributed by atoms with E-state index in [2.05, 4.69) is 15.3 Å². The minimum Gasteiger partial charge on any atom is -0.482 e. The monoisotopic (exact) mass is 427 g/mol. The first-order valence-electron chi connectivity index (χ1n) is 10.0. The lowest BCUT2D eigenvalue weighted by atomic mass is 10.1. The molecule has 0 aliphatic rings. The second-order valence-corrected chi connectivity index (χ2v) is 7.08. The number of H-pyrrole nitrogens is 1. The molecule has 0 spiro atoms. The molecule has 7 nitrogen and oxygen atoms in total. The van der Waals surface area contributed by atoms with Gasteiger partial charge in [0.2, 0.25) is 0 Å². The maximum Gasteiger partial charge on any atom is 0.341 e. The highest BCUT2D eigenvalue weighted by Crippen LogP contribution is 2.21. The van der Waals surface area contributed by atoms with Crippen molar-refractivity contribution in [3.8, 4) is 5.75 Å². The van der Waals surface area contributed by atoms with Crippen molar-refractivity contribution in [1.82, 2.24) is 15.3 Å². The summed E-state index contributed by atoms with van der Waals surface area (Å²) in [6, 6.07) is 24.1. The van der Waals surface area contributed by atoms with Crippen molar-refractivity contribution in [2.45, 2.75) is 6.54 Å². The number of aliphatic carboxylic acids is 1. The summed E-state index contributed by atoms with van der Waals surface area (Å²) in [5.41, 5.74) is 3.72. The van der Waals surface area contributed by atoms with Gasteiger partial charge < -0.3 is 20.1 Å². The van der Waals surface area contributed by atoms with Crippen LogP contribution in [0.25, 0.3) is 22.7 Å². The Balaban J connectivity index is 1.62. The molecule has 0 aliphatic heterocycles. The average Bonchev–Trinajstić information content (AvgIpc) is 3.25. The Morgan fingerprint density at radius 3 is 2.41 bits per heavy atom. The van der Waals surface area contributed by atoms with Gasteiger partial charge in [0.05, 0.1) is 16.6 Å². The summed E-state index contributed by atoms with van der Waals surface area (Å²) in [4.78, 5) is 31.6. The van der Waals surface area contributed by atoms with Crippen molar-refractivity contribution in [3.63, 3.8) is 0 Å². The van der Waals surface area contributed by atoms with Crippen molar-refractivity contribution in [2.75, 3.05) is 6.61 Å². The number of hydrogen-bond acceptors (Lipinski definition) is 4. The number of fused-ring (bicyclic) bond motifs is 1. The van der Waals surface area contributed by atoms with Crippen LogP contribution in [0.15, 0.2) is 78.9 Å². The molecular formula is C25H21N3O4. The minimum atomic E-state index is -1.05. The van der Waals surface area contributed by atoms with E-state index < -0.39 is 12.6 Å². The molecule has 7 heteroatoms. The number of carboxylic acids is 1. The second-order valence-electron chi connectivity index (χ2n) is 7.08. The quantitative estimate of drug-likeness (QED) is 0.370. The first-order chi connectivity index (χ1) is 15.6. The van der Waals surface area contributed by atoms with Gasteiger partial charge in [-0.1, -0.05) is 54.6 Å². The Morgan fingerprint density at radius 2 is 1.69 bits per heavy atom. The fourth-order valence-corrected chi connectivity index (χ4v) is 3.17. The third-order valence-electron chi connectivity index (χ3n) is 4.74. The third-order valence-corrected chi connectivity index (χ3v) is 4.74. The number of carboxylic acid groups (broad SMARTS) is 1. The van der Waals surface area contributed by atoms with Crippen LogP contribution in [0.5, 0.6) is 5.75 Å². The van der Waals surface area contributed by atoms with Crippen LogP contribution in [-0.2, 0) is 16.1 Å². The zero-order chi connectivity index (χ0) is 22.3. The molecule has 0 fully saturated rings. The van der Waals surface area contributed by atoms with Crippen LogP contribution in [0.2, 0.25) is 0 Å². The first kappa shape index (κ1) is 20.9. The van der Waals surface area contributed by atoms with Crippen LogP contribution in [0.4, 0.5) is 0 Å². The maximum atomic E-state index is 13.1. The van der Waals surface area contributed by atoms with Crippen molar-refractivity contribution >= 4 is 34.6 Å². The third kappa shape index (κ3) is 5.20. The molecule has 1 amide bonds. The van der Waals surface area contributed by atoms with E-state index in [9.17, 15) is 9.59 Å². The lowest BCUT2D eigenvalue weighted by Gasteiger charge is -2.08. The number of benzene rings is 3. The number of imidazole rings is 1. The molecule has 0 bridgehead atoms. The molecule has 0 saturated heterocycles. The van der Waals surface area contributed by atoms with E-state index in [0.29, 0.717) is 23.7 Å². The van der Waals surface area contributed by atoms with E-state index >= 15 is 0 Å². The van der Waals surface area contributed by atoms with Crippen molar-refractivity contribution < 1.29 is 19.4 Å². The molecule has 3 aromatic carbocycles. The predicted octanol–water partition coefficient (Wildman–Crippen LogP) is 3.88. The van der Waals surface area contributed by atoms with E-state index in [1.165, 1.54) is 0 Å². The number of nitrogens with zero attached hydrogens (tertiary/aromatic N) is 1. The SMILES string of the molecule is O=C(O)COc1ccc(C=C(C(=O)NCc2ccccc2)c2nc3ccccc3[nH]2)cc1. The Morgan fingerprint density at radius 1 is 0.969 bits per heavy atom. The average molecular weight is 427 g/mol. The molecule has 160 valence electrons. The Hall–Kier alpha value is -4.39. The van der Waals surface area contributed by atoms with Gasteiger partial charge in [0.1, 0.15) is 11.6 Å². The molecule has 0 atom stereocenters. The number of carbonyl (C=O) groups excluding carboxylic acids is 1. The standard InChI is InChI=1S/C25H21N3O4/c29-23(30)16-32-19-12-10-17(11-13-19)14-20(24-27-21-8-4-5-9-22(21)28-24)25(31)26-15-18-6-2-1-3-7-18/h1-14H,15-16H2,(H,26,31)(H,27,28)(H,29,30). The van der Waals surface area contributed by atoms with Gasteiger partial charge in [-0.25, -0.2) is 9.78 Å². The zero-order valence-electron chi connectivity index (χ0n) is 17.1. The number of aromatic amines is 1. The van der Waals surface area contributed by atoms with Crippen LogP contribution in [0.3, 0.4) is 0 Å². The van der Waals surface area contributed by atoms with E-state index in [-0.39, 0.29) is 5.91 Å². The molecule has 32 heavy (non-hydrogen) atoms. The minimum absolute atomic E-state index is 0.265. The number of nitrogens with one attached hydrogen (secondary N) is 2. The van der Waals surface area contributed by atoms with E-state index in [1.807, 2.05) is 54.6 Å². The van der Waals surface area contributed by atoms with Gasteiger partial charge in [-0.2, -0.15) is 0 Å². The number of carbonyl (C=O) groups is 2. The van der Waals surface area contributed by atoms with Crippen LogP contribution in [0, 0.1) is 0 Å². The number of amides is 1. The van der Waals surface area contributed by atoms with Gasteiger partial charge in [0.15, 0.2) is 6.61 Å². The highest BCUT2D eigenvalue weighted by atomic mass is 16.5. The van der Waals surface area contributed by atoms with Gasteiger partial charge in [0, 0.05) is 6.54 Å². The lowest BCUT2D eigenvalue weighted by molar-refractivity contribution is -0.139. The highest BCUT2D eigenvalue weighted by molar-refractivity contribution is 6.23. The number of rotatable bonds is 8. The molecular weight excluding hydrogens is 406 g/mol. The number of ether oxygens (including phenoxy) is 1. The van der Waals surface area contributed by atoms with Crippen molar-refractivity contribution in [3.05, 3.63) is 95.8 Å². The van der Waals surface area contributed by atoms with Crippen molar-refractivity contribution in [2.24, 2.45) is 0 Å². The Kier molecular flexibility index (Phi) is 6.27. The normalized spacial score (nSPS) is 11.3. The van der Waals surface area contributed by atoms with Gasteiger partial charge in [-0.3, -0.25) is 4.79 Å². The second kappa shape index (κ2) is 9.61. The summed E-state index contributed by atoms with van der Waals surface area (Å²) in [5.74, 6) is -0.415. The largest absolute Gasteiger partial charge is 0.482 e. The Labute approximate surface area is 184 Å². The first-order valence-corrected chi connectivity index (χ1v) is 10.0. The summed E-state index contributed by atoms with van der Waals surface area (Å²) in [6.07, 6.45) is 1.74. The Bertz CT molecular complexity index is 1230. The number of para-hydroxylation sites is 2. The highest BCUT2D eigenvalue weighted by Gasteiger charge is 2.16. The summed E-state index contributed by atoms with van der Waals surface area (Å²) >= 11 is 0. The topological polar surface area (TPSA) is 104 Å². The molecule has 1 aromatic heterocycles. The number of aromatic nitrogens is 2. The molecule has 0 radical (unpaired) electrons. The molecule has 4 aromatic rings. The summed E-state index contributed by atoms with van der Waals surface area (Å²) in [5, 5.41) is 11.7. The smallest absolute Gasteiger partial charge is 0.341 e. The zero-order valence-corrected chi connectivity index (χ0v) is 17.1. The molecule has 3 N–H and O–H groups in total. The van der Waals surface area contributed by atoms with E-state index in [0.717, 1.165) is 22.2 Å². The predicted molar refractivity (Wildman–Crippen MR) is 122 cm³/mol. The van der Waals surface area contributed by atoms with Gasteiger partial charge in [-0.15, -0.1) is 0 Å². The van der Waals surface area contributed by atoms with E-state index in [4.69, 9.17) is 9.84 Å². The van der Waals surface area contributed by atoms with Crippen LogP contribution in [-0.4, -0.2) is 33.6 Å². The van der Waals surface area contributed by atoms with Crippen LogP contribution < -0.4 is 10.1 Å². The summed E-state index contributed by atoms with van der Waals surface area (Å²) in [6.45, 7) is -0.0273. The fourth-order valence-electron chi connectivity index (χ4n) is 3.17. The lowest BCUT2D eigenvalue weighted by Crippen LogP contribution is -2.24. The molecule has 4 rings (SSSR count). The molecule has 0 unspecified atom stereocenters. The van der Waals surface area contributed by atoms with Gasteiger partial charge in [-0.05, 0) is 41.5 Å². The van der Waals surface area contributed by atoms with Crippen molar-refractivity contribution in [1.29, 1.82) is 0 Å². The van der Waals surface area contributed by atoms with E-state index in [1.54, 1.807) is 30.3 Å². The van der Waals surface area contributed by atoms with Crippen LogP contribution in [0.1, 0.15) is 17.0 Å². The summed E-state index contributed by atoms with van der Waals surface area (Å²) in [7, 11) is 0. The van der Waals surface area contributed by atoms with Crippen LogP contribution >= 0.6 is 0 Å². The molecule has 0 aliphatic carbocycles. The van der Waals surface area contributed by atoms with Gasteiger partial charge >= 0.3 is 5.97 Å². The summed E-state index contributed by atoms with van der Waals surface area (Å²) < 4.78 is 5.17. The molecule has 0 saturated carbocycles. The number of hydrogen-bond donors (Lipinski definition) is 3. The maximum absolute atomic E-state index is 13.1. The molecule has 1 heterocycles. The van der Waals surface area contributed by atoms with Gasteiger partial charge in [0.25, 0.3) is 5.91 Å². The fraction of sp³-hybridized carbons (Fsp3) is 0.0800.